The molecule has 2 heterocycles. The first-order chi connectivity index (χ1) is 11.9. The number of nitrogens with zero attached hydrogens (tertiary/aromatic N) is 3. The zero-order valence-corrected chi connectivity index (χ0v) is 20.5. The Bertz CT molecular complexity index is 905. The van der Waals surface area contributed by atoms with E-state index >= 15 is 0 Å². The van der Waals surface area contributed by atoms with Gasteiger partial charge in [0, 0.05) is 57.6 Å². The molecule has 147 valence electrons. The minimum absolute atomic E-state index is 0. The van der Waals surface area contributed by atoms with Gasteiger partial charge in [0.05, 0.1) is 5.56 Å². The molecule has 1 aliphatic rings. The quantitative estimate of drug-likeness (QED) is 0.686. The van der Waals surface area contributed by atoms with Crippen molar-refractivity contribution in [1.82, 2.24) is 9.78 Å². The van der Waals surface area contributed by atoms with Gasteiger partial charge >= 0.3 is 0 Å². The summed E-state index contributed by atoms with van der Waals surface area (Å²) < 4.78 is 28.9. The number of benzene rings is 1. The predicted molar refractivity (Wildman–Crippen MR) is 108 cm³/mol. The van der Waals surface area contributed by atoms with E-state index < -0.39 is 10.0 Å². The largest absolute Gasteiger partial charge is 0.506 e. The number of anilines is 1. The van der Waals surface area contributed by atoms with Crippen LogP contribution in [0.2, 0.25) is 0 Å². The molecule has 0 aliphatic carbocycles. The Kier molecular flexibility index (Phi) is 9.94. The molecule has 0 fully saturated rings. The molecule has 1 aliphatic heterocycles. The molecule has 27 heavy (non-hydrogen) atoms. The van der Waals surface area contributed by atoms with Crippen LogP contribution in [0.5, 0.6) is 0 Å². The third kappa shape index (κ3) is 4.46. The topological polar surface area (TPSA) is 75.4 Å². The molecule has 0 spiro atoms. The number of aliphatic hydroxyl groups excluding tert-OH is 1. The monoisotopic (exact) mass is 467 g/mol. The van der Waals surface area contributed by atoms with Crippen LogP contribution in [0.15, 0.2) is 30.5 Å². The molecule has 6 nitrogen and oxygen atoms in total. The van der Waals surface area contributed by atoms with E-state index in [1.54, 1.807) is 29.9 Å². The molecule has 1 aromatic carbocycles. The van der Waals surface area contributed by atoms with Gasteiger partial charge in [0.2, 0.25) is 0 Å². The number of aryl methyl sites for hydroxylation is 2. The van der Waals surface area contributed by atoms with Crippen molar-refractivity contribution in [2.75, 3.05) is 10.8 Å². The smallest absolute Gasteiger partial charge is 0.269 e. The van der Waals surface area contributed by atoms with Crippen LogP contribution < -0.4 is 4.31 Å². The van der Waals surface area contributed by atoms with Crippen LogP contribution in [-0.2, 0) is 49.3 Å². The normalized spacial score (nSPS) is 14.3. The van der Waals surface area contributed by atoms with Gasteiger partial charge in [0.15, 0.2) is 5.82 Å². The van der Waals surface area contributed by atoms with E-state index in [9.17, 15) is 13.5 Å². The van der Waals surface area contributed by atoms with E-state index in [0.717, 1.165) is 5.56 Å². The van der Waals surface area contributed by atoms with Crippen molar-refractivity contribution in [1.29, 1.82) is 0 Å². The van der Waals surface area contributed by atoms with Crippen molar-refractivity contribution < 1.29 is 46.2 Å². The molecule has 0 saturated heterocycles. The maximum absolute atomic E-state index is 13.0. The van der Waals surface area contributed by atoms with Crippen molar-refractivity contribution in [3.05, 3.63) is 54.6 Å². The predicted octanol–water partition coefficient (Wildman–Crippen LogP) is 4.24. The van der Waals surface area contributed by atoms with Gasteiger partial charge in [-0.15, -0.1) is 0 Å². The molecule has 0 atom stereocenters. The van der Waals surface area contributed by atoms with Gasteiger partial charge in [-0.3, -0.25) is 4.68 Å². The molecule has 1 radical (unpaired) electrons. The summed E-state index contributed by atoms with van der Waals surface area (Å²) in [4.78, 5) is -0.0550. The SMILES string of the molecule is CC.CCN1c2nn(CC)cc2C(O)=C(c2ccccc2C)S1(=O)=O.[CH3-].[Y]. The molecule has 3 rings (SSSR count). The summed E-state index contributed by atoms with van der Waals surface area (Å²) >= 11 is 0. The van der Waals surface area contributed by atoms with Crippen molar-refractivity contribution in [3.63, 3.8) is 0 Å². The fourth-order valence-corrected chi connectivity index (χ4v) is 4.59. The van der Waals surface area contributed by atoms with Crippen LogP contribution >= 0.6 is 0 Å². The molecule has 0 unspecified atom stereocenters. The van der Waals surface area contributed by atoms with Gasteiger partial charge < -0.3 is 12.5 Å². The summed E-state index contributed by atoms with van der Waals surface area (Å²) in [5, 5.41) is 15.0. The molecule has 8 heteroatoms. The molecule has 0 amide bonds. The Hall–Kier alpha value is -1.18. The molecule has 1 aromatic heterocycles. The maximum Gasteiger partial charge on any atom is 0.269 e. The van der Waals surface area contributed by atoms with Crippen LogP contribution in [0.3, 0.4) is 0 Å². The third-order valence-corrected chi connectivity index (χ3v) is 5.94. The first-order valence-electron chi connectivity index (χ1n) is 8.51. The summed E-state index contributed by atoms with van der Waals surface area (Å²) in [5.74, 6) is 0.0443. The van der Waals surface area contributed by atoms with Gasteiger partial charge in [-0.05, 0) is 26.3 Å². The van der Waals surface area contributed by atoms with Crippen molar-refractivity contribution in [3.8, 4) is 0 Å². The molecular formula is C19H28N3O3SY-. The molecular weight excluding hydrogens is 439 g/mol. The zero-order chi connectivity index (χ0) is 18.8. The standard InChI is InChI=1S/C16H19N3O3S.C2H6.CH3.Y/c1-4-18-10-13-14(20)15(12-9-7-6-8-11(12)3)23(21,22)19(5-2)16(13)17-18;1-2;;/h6-10,20H,4-5H2,1-3H3;1-2H3;1H3;/q;;-1;. The van der Waals surface area contributed by atoms with E-state index in [1.165, 1.54) is 4.31 Å². The number of hydrogen-bond donors (Lipinski definition) is 1. The van der Waals surface area contributed by atoms with Crippen LogP contribution in [0.25, 0.3) is 10.7 Å². The Labute approximate surface area is 188 Å². The van der Waals surface area contributed by atoms with E-state index in [-0.39, 0.29) is 63.2 Å². The first-order valence-corrected chi connectivity index (χ1v) is 9.95. The van der Waals surface area contributed by atoms with Gasteiger partial charge in [-0.1, -0.05) is 38.1 Å². The molecule has 1 N–H and O–H groups in total. The van der Waals surface area contributed by atoms with Crippen molar-refractivity contribution >= 4 is 26.5 Å². The Morgan fingerprint density at radius 2 is 1.67 bits per heavy atom. The average Bonchev–Trinajstić information content (AvgIpc) is 3.02. The number of aliphatic hydroxyl groups is 1. The van der Waals surface area contributed by atoms with Gasteiger partial charge in [-0.2, -0.15) is 5.10 Å². The van der Waals surface area contributed by atoms with Crippen LogP contribution in [0.4, 0.5) is 5.82 Å². The van der Waals surface area contributed by atoms with Gasteiger partial charge in [-0.25, -0.2) is 12.7 Å². The summed E-state index contributed by atoms with van der Waals surface area (Å²) in [6, 6.07) is 7.14. The summed E-state index contributed by atoms with van der Waals surface area (Å²) in [5.41, 5.74) is 1.75. The van der Waals surface area contributed by atoms with Crippen molar-refractivity contribution in [2.45, 2.75) is 41.2 Å². The van der Waals surface area contributed by atoms with Crippen LogP contribution in [0, 0.1) is 14.4 Å². The second kappa shape index (κ2) is 10.4. The maximum atomic E-state index is 13.0. The number of rotatable bonds is 3. The molecule has 0 bridgehead atoms. The molecule has 0 saturated carbocycles. The first kappa shape index (κ1) is 25.8. The summed E-state index contributed by atoms with van der Waals surface area (Å²) in [6.07, 6.45) is 1.68. The second-order valence-electron chi connectivity index (χ2n) is 5.38. The number of aromatic nitrogens is 2. The minimum Gasteiger partial charge on any atom is -0.506 e. The van der Waals surface area contributed by atoms with Gasteiger partial charge in [0.25, 0.3) is 10.0 Å². The zero-order valence-electron chi connectivity index (χ0n) is 16.9. The third-order valence-electron chi connectivity index (χ3n) is 4.00. The fourth-order valence-electron chi connectivity index (χ4n) is 2.81. The Morgan fingerprint density at radius 3 is 2.19 bits per heavy atom. The van der Waals surface area contributed by atoms with E-state index in [1.807, 2.05) is 39.8 Å². The van der Waals surface area contributed by atoms with E-state index in [2.05, 4.69) is 5.10 Å². The Balaban J connectivity index is 0.00000164. The van der Waals surface area contributed by atoms with Crippen molar-refractivity contribution in [2.24, 2.45) is 0 Å². The van der Waals surface area contributed by atoms with Crippen LogP contribution in [-0.4, -0.2) is 29.8 Å². The van der Waals surface area contributed by atoms with Crippen LogP contribution in [0.1, 0.15) is 44.4 Å². The number of sulfonamides is 1. The van der Waals surface area contributed by atoms with E-state index in [4.69, 9.17) is 0 Å². The number of fused-ring (bicyclic) bond motifs is 1. The summed E-state index contributed by atoms with van der Waals surface area (Å²) in [6.45, 7) is 10.3. The minimum atomic E-state index is -3.86. The second-order valence-corrected chi connectivity index (χ2v) is 7.18. The molecule has 2 aromatic rings. The van der Waals surface area contributed by atoms with Gasteiger partial charge in [0.1, 0.15) is 10.7 Å². The fraction of sp³-hybridized carbons (Fsp3) is 0.368. The summed E-state index contributed by atoms with van der Waals surface area (Å²) in [7, 11) is -3.86. The average molecular weight is 467 g/mol. The Morgan fingerprint density at radius 1 is 1.07 bits per heavy atom. The van der Waals surface area contributed by atoms with E-state index in [0.29, 0.717) is 17.7 Å². The number of hydrogen-bond acceptors (Lipinski definition) is 4.